The molecule has 102 valence electrons. The van der Waals surface area contributed by atoms with E-state index >= 15 is 0 Å². The summed E-state index contributed by atoms with van der Waals surface area (Å²) in [5.74, 6) is -1.45. The third-order valence-corrected chi connectivity index (χ3v) is 2.19. The van der Waals surface area contributed by atoms with Crippen LogP contribution in [-0.2, 0) is 4.79 Å². The van der Waals surface area contributed by atoms with Crippen LogP contribution in [0.5, 0.6) is 0 Å². The van der Waals surface area contributed by atoms with Gasteiger partial charge in [-0.25, -0.2) is 9.59 Å². The highest BCUT2D eigenvalue weighted by molar-refractivity contribution is 6.00. The standard InChI is InChI=1S/C12H15N3O4/c1-2-13-10(16)7-14-12(19)15-9-6-4-3-5-8(9)11(17)18/h3-6H,2,7H2,1H3,(H,13,16)(H,17,18)(H2,14,15,19). The molecule has 0 fully saturated rings. The summed E-state index contributed by atoms with van der Waals surface area (Å²) in [7, 11) is 0. The molecule has 7 nitrogen and oxygen atoms in total. The van der Waals surface area contributed by atoms with E-state index in [9.17, 15) is 14.4 Å². The molecule has 4 N–H and O–H groups in total. The lowest BCUT2D eigenvalue weighted by Crippen LogP contribution is -2.39. The van der Waals surface area contributed by atoms with Crippen LogP contribution < -0.4 is 16.0 Å². The first kappa shape index (κ1) is 14.5. The Balaban J connectivity index is 2.58. The molecular weight excluding hydrogens is 250 g/mol. The molecule has 0 aliphatic rings. The van der Waals surface area contributed by atoms with E-state index in [1.165, 1.54) is 12.1 Å². The van der Waals surface area contributed by atoms with Gasteiger partial charge < -0.3 is 21.1 Å². The SMILES string of the molecule is CCNC(=O)CNC(=O)Nc1ccccc1C(=O)O. The van der Waals surface area contributed by atoms with Gasteiger partial charge in [-0.15, -0.1) is 0 Å². The van der Waals surface area contributed by atoms with Crippen molar-refractivity contribution in [1.82, 2.24) is 10.6 Å². The summed E-state index contributed by atoms with van der Waals surface area (Å²) in [4.78, 5) is 33.5. The van der Waals surface area contributed by atoms with Gasteiger partial charge in [0.15, 0.2) is 0 Å². The van der Waals surface area contributed by atoms with E-state index in [0.717, 1.165) is 0 Å². The summed E-state index contributed by atoms with van der Waals surface area (Å²) in [5, 5.41) is 16.2. The molecule has 0 atom stereocenters. The molecule has 0 saturated heterocycles. The van der Waals surface area contributed by atoms with Gasteiger partial charge in [-0.3, -0.25) is 4.79 Å². The van der Waals surface area contributed by atoms with Crippen LogP contribution in [0.2, 0.25) is 0 Å². The van der Waals surface area contributed by atoms with Gasteiger partial charge in [-0.2, -0.15) is 0 Å². The Labute approximate surface area is 110 Å². The van der Waals surface area contributed by atoms with Crippen LogP contribution in [0, 0.1) is 0 Å². The summed E-state index contributed by atoms with van der Waals surface area (Å²) in [5.41, 5.74) is 0.152. The number of rotatable bonds is 5. The van der Waals surface area contributed by atoms with Crippen LogP contribution in [0.4, 0.5) is 10.5 Å². The van der Waals surface area contributed by atoms with Crippen LogP contribution in [0.15, 0.2) is 24.3 Å². The number of nitrogens with one attached hydrogen (secondary N) is 3. The fourth-order valence-corrected chi connectivity index (χ4v) is 1.37. The molecule has 0 aliphatic heterocycles. The number of likely N-dealkylation sites (N-methyl/N-ethyl adjacent to an activating group) is 1. The lowest BCUT2D eigenvalue weighted by atomic mass is 10.2. The van der Waals surface area contributed by atoms with E-state index in [1.54, 1.807) is 19.1 Å². The first-order chi connectivity index (χ1) is 9.04. The van der Waals surface area contributed by atoms with E-state index in [1.807, 2.05) is 0 Å². The van der Waals surface area contributed by atoms with Crippen LogP contribution in [0.3, 0.4) is 0 Å². The van der Waals surface area contributed by atoms with E-state index < -0.39 is 12.0 Å². The van der Waals surface area contributed by atoms with E-state index in [0.29, 0.717) is 6.54 Å². The summed E-state index contributed by atoms with van der Waals surface area (Å²) in [6.45, 7) is 2.07. The topological polar surface area (TPSA) is 108 Å². The van der Waals surface area contributed by atoms with Gasteiger partial charge in [0.1, 0.15) is 0 Å². The largest absolute Gasteiger partial charge is 0.478 e. The second-order valence-electron chi connectivity index (χ2n) is 3.61. The number of hydrogen-bond donors (Lipinski definition) is 4. The molecule has 0 radical (unpaired) electrons. The zero-order valence-corrected chi connectivity index (χ0v) is 10.4. The van der Waals surface area contributed by atoms with Crippen LogP contribution >= 0.6 is 0 Å². The second kappa shape index (κ2) is 7.00. The number of carbonyl (C=O) groups excluding carboxylic acids is 2. The molecule has 0 aromatic heterocycles. The minimum Gasteiger partial charge on any atom is -0.478 e. The van der Waals surface area contributed by atoms with Crippen molar-refractivity contribution in [3.8, 4) is 0 Å². The van der Waals surface area contributed by atoms with Crippen molar-refractivity contribution in [2.45, 2.75) is 6.92 Å². The number of urea groups is 1. The number of anilines is 1. The first-order valence-electron chi connectivity index (χ1n) is 5.68. The molecule has 0 bridgehead atoms. The Morgan fingerprint density at radius 2 is 1.84 bits per heavy atom. The summed E-state index contributed by atoms with van der Waals surface area (Å²) >= 11 is 0. The zero-order chi connectivity index (χ0) is 14.3. The van der Waals surface area contributed by atoms with Crippen molar-refractivity contribution in [3.05, 3.63) is 29.8 Å². The molecule has 0 unspecified atom stereocenters. The van der Waals surface area contributed by atoms with Gasteiger partial charge in [0.05, 0.1) is 17.8 Å². The predicted molar refractivity (Wildman–Crippen MR) is 69.1 cm³/mol. The Kier molecular flexibility index (Phi) is 5.34. The minimum atomic E-state index is -1.14. The maximum absolute atomic E-state index is 11.5. The summed E-state index contributed by atoms with van der Waals surface area (Å²) < 4.78 is 0. The highest BCUT2D eigenvalue weighted by Crippen LogP contribution is 2.14. The Hall–Kier alpha value is -2.57. The first-order valence-corrected chi connectivity index (χ1v) is 5.68. The highest BCUT2D eigenvalue weighted by Gasteiger charge is 2.11. The smallest absolute Gasteiger partial charge is 0.337 e. The molecule has 0 heterocycles. The van der Waals surface area contributed by atoms with Crippen molar-refractivity contribution in [3.63, 3.8) is 0 Å². The molecule has 3 amide bonds. The average Bonchev–Trinajstić information content (AvgIpc) is 2.37. The molecule has 0 aliphatic carbocycles. The van der Waals surface area contributed by atoms with Crippen LogP contribution in [-0.4, -0.2) is 36.1 Å². The number of para-hydroxylation sites is 1. The van der Waals surface area contributed by atoms with Gasteiger partial charge >= 0.3 is 12.0 Å². The maximum atomic E-state index is 11.5. The fraction of sp³-hybridized carbons (Fsp3) is 0.250. The van der Waals surface area contributed by atoms with E-state index in [4.69, 9.17) is 5.11 Å². The van der Waals surface area contributed by atoms with Crippen molar-refractivity contribution in [2.24, 2.45) is 0 Å². The molecule has 1 aromatic rings. The predicted octanol–water partition coefficient (Wildman–Crippen LogP) is 0.642. The number of carboxylic acids is 1. The quantitative estimate of drug-likeness (QED) is 0.626. The number of aromatic carboxylic acids is 1. The molecule has 0 spiro atoms. The van der Waals surface area contributed by atoms with Crippen molar-refractivity contribution < 1.29 is 19.5 Å². The van der Waals surface area contributed by atoms with E-state index in [-0.39, 0.29) is 23.7 Å². The van der Waals surface area contributed by atoms with Crippen molar-refractivity contribution >= 4 is 23.6 Å². The number of benzene rings is 1. The third kappa shape index (κ3) is 4.66. The van der Waals surface area contributed by atoms with Crippen molar-refractivity contribution in [1.29, 1.82) is 0 Å². The second-order valence-corrected chi connectivity index (χ2v) is 3.61. The molecular formula is C12H15N3O4. The Morgan fingerprint density at radius 1 is 1.16 bits per heavy atom. The lowest BCUT2D eigenvalue weighted by molar-refractivity contribution is -0.119. The number of amides is 3. The Bertz CT molecular complexity index is 488. The van der Waals surface area contributed by atoms with Crippen LogP contribution in [0.1, 0.15) is 17.3 Å². The minimum absolute atomic E-state index is 0.0179. The maximum Gasteiger partial charge on any atom is 0.337 e. The average molecular weight is 265 g/mol. The van der Waals surface area contributed by atoms with Crippen molar-refractivity contribution in [2.75, 3.05) is 18.4 Å². The monoisotopic (exact) mass is 265 g/mol. The number of hydrogen-bond acceptors (Lipinski definition) is 3. The number of carbonyl (C=O) groups is 3. The van der Waals surface area contributed by atoms with Crippen LogP contribution in [0.25, 0.3) is 0 Å². The van der Waals surface area contributed by atoms with Gasteiger partial charge in [0.2, 0.25) is 5.91 Å². The third-order valence-electron chi connectivity index (χ3n) is 2.19. The lowest BCUT2D eigenvalue weighted by Gasteiger charge is -2.09. The van der Waals surface area contributed by atoms with Gasteiger partial charge in [0.25, 0.3) is 0 Å². The zero-order valence-electron chi connectivity index (χ0n) is 10.4. The normalized spacial score (nSPS) is 9.53. The highest BCUT2D eigenvalue weighted by atomic mass is 16.4. The van der Waals surface area contributed by atoms with E-state index in [2.05, 4.69) is 16.0 Å². The number of carboxylic acid groups (broad SMARTS) is 1. The van der Waals surface area contributed by atoms with Gasteiger partial charge in [0, 0.05) is 6.54 Å². The molecule has 1 aromatic carbocycles. The molecule has 1 rings (SSSR count). The summed E-state index contributed by atoms with van der Waals surface area (Å²) in [6.07, 6.45) is 0. The molecule has 19 heavy (non-hydrogen) atoms. The molecule has 7 heteroatoms. The Morgan fingerprint density at radius 3 is 2.47 bits per heavy atom. The molecule has 0 saturated carbocycles. The van der Waals surface area contributed by atoms with Gasteiger partial charge in [-0.1, -0.05) is 12.1 Å². The summed E-state index contributed by atoms with van der Waals surface area (Å²) in [6, 6.07) is 5.36. The fourth-order valence-electron chi connectivity index (χ4n) is 1.37. The van der Waals surface area contributed by atoms with Gasteiger partial charge in [-0.05, 0) is 19.1 Å².